The highest BCUT2D eigenvalue weighted by atomic mass is 35.5. The van der Waals surface area contributed by atoms with Crippen molar-refractivity contribution in [2.24, 2.45) is 0 Å². The molecule has 0 saturated heterocycles. The standard InChI is InChI=1S/C15H17ClNO/c1-2-14-8-9-17(10-15(14)16)12-18-11-13-6-4-3-5-7-13/h3-10H,2,11-12H2,1H3/q+1. The Hall–Kier alpha value is -1.38. The molecule has 2 nitrogen and oxygen atoms in total. The lowest BCUT2D eigenvalue weighted by Crippen LogP contribution is -2.34. The first-order valence-electron chi connectivity index (χ1n) is 6.08. The molecule has 0 saturated carbocycles. The van der Waals surface area contributed by atoms with E-state index in [1.54, 1.807) is 0 Å². The van der Waals surface area contributed by atoms with Crippen molar-refractivity contribution >= 4 is 11.6 Å². The average molecular weight is 263 g/mol. The van der Waals surface area contributed by atoms with E-state index in [-0.39, 0.29) is 0 Å². The second kappa shape index (κ2) is 6.53. The Labute approximate surface area is 113 Å². The van der Waals surface area contributed by atoms with E-state index in [1.165, 1.54) is 5.56 Å². The van der Waals surface area contributed by atoms with E-state index in [1.807, 2.05) is 41.2 Å². The van der Waals surface area contributed by atoms with Gasteiger partial charge < -0.3 is 4.74 Å². The van der Waals surface area contributed by atoms with Crippen molar-refractivity contribution < 1.29 is 9.30 Å². The van der Waals surface area contributed by atoms with Crippen molar-refractivity contribution in [1.29, 1.82) is 0 Å². The van der Waals surface area contributed by atoms with Gasteiger partial charge in [0.1, 0.15) is 5.02 Å². The van der Waals surface area contributed by atoms with Crippen LogP contribution < -0.4 is 4.57 Å². The van der Waals surface area contributed by atoms with Crippen LogP contribution in [-0.2, 0) is 24.5 Å². The number of aromatic nitrogens is 1. The van der Waals surface area contributed by atoms with Gasteiger partial charge >= 0.3 is 0 Å². The van der Waals surface area contributed by atoms with Crippen LogP contribution >= 0.6 is 11.6 Å². The molecule has 94 valence electrons. The van der Waals surface area contributed by atoms with Gasteiger partial charge in [-0.25, -0.2) is 0 Å². The van der Waals surface area contributed by atoms with E-state index in [2.05, 4.69) is 19.1 Å². The van der Waals surface area contributed by atoms with Crippen LogP contribution in [0.5, 0.6) is 0 Å². The fourth-order valence-electron chi connectivity index (χ4n) is 1.75. The van der Waals surface area contributed by atoms with Crippen molar-refractivity contribution in [3.05, 3.63) is 64.9 Å². The van der Waals surface area contributed by atoms with E-state index >= 15 is 0 Å². The molecule has 1 aromatic heterocycles. The molecular weight excluding hydrogens is 246 g/mol. The molecule has 1 aromatic carbocycles. The van der Waals surface area contributed by atoms with E-state index in [0.29, 0.717) is 13.3 Å². The topological polar surface area (TPSA) is 13.1 Å². The minimum atomic E-state index is 0.513. The Morgan fingerprint density at radius 1 is 1.17 bits per heavy atom. The molecule has 0 aliphatic carbocycles. The van der Waals surface area contributed by atoms with Crippen molar-refractivity contribution in [2.75, 3.05) is 0 Å². The molecule has 0 amide bonds. The molecule has 0 N–H and O–H groups in total. The zero-order chi connectivity index (χ0) is 12.8. The minimum Gasteiger partial charge on any atom is -0.318 e. The van der Waals surface area contributed by atoms with Gasteiger partial charge in [-0.1, -0.05) is 48.9 Å². The molecule has 0 aliphatic heterocycles. The minimum absolute atomic E-state index is 0.513. The van der Waals surface area contributed by atoms with Crippen molar-refractivity contribution in [1.82, 2.24) is 0 Å². The van der Waals surface area contributed by atoms with Gasteiger partial charge in [-0.05, 0) is 17.5 Å². The van der Waals surface area contributed by atoms with Crippen LogP contribution in [-0.4, -0.2) is 0 Å². The molecule has 0 radical (unpaired) electrons. The van der Waals surface area contributed by atoms with Gasteiger partial charge in [0, 0.05) is 6.07 Å². The zero-order valence-electron chi connectivity index (χ0n) is 10.5. The van der Waals surface area contributed by atoms with Crippen LogP contribution in [0.1, 0.15) is 18.1 Å². The summed E-state index contributed by atoms with van der Waals surface area (Å²) < 4.78 is 7.59. The monoisotopic (exact) mass is 262 g/mol. The number of rotatable bonds is 5. The number of nitrogens with zero attached hydrogens (tertiary/aromatic N) is 1. The summed E-state index contributed by atoms with van der Waals surface area (Å²) in [7, 11) is 0. The maximum Gasteiger partial charge on any atom is 0.252 e. The predicted molar refractivity (Wildman–Crippen MR) is 72.3 cm³/mol. The highest BCUT2D eigenvalue weighted by Gasteiger charge is 2.06. The summed E-state index contributed by atoms with van der Waals surface area (Å²) in [6.45, 7) is 3.22. The first kappa shape index (κ1) is 13.1. The van der Waals surface area contributed by atoms with Crippen LogP contribution in [0.2, 0.25) is 5.02 Å². The number of benzene rings is 1. The molecule has 3 heteroatoms. The number of pyridine rings is 1. The zero-order valence-corrected chi connectivity index (χ0v) is 11.2. The largest absolute Gasteiger partial charge is 0.318 e. The fraction of sp³-hybridized carbons (Fsp3) is 0.267. The third-order valence-corrected chi connectivity index (χ3v) is 3.13. The van der Waals surface area contributed by atoms with Gasteiger partial charge in [0.05, 0.1) is 6.61 Å². The summed E-state index contributed by atoms with van der Waals surface area (Å²) in [6.07, 6.45) is 4.85. The molecule has 1 heterocycles. The molecular formula is C15H17ClNO+. The fourth-order valence-corrected chi connectivity index (χ4v) is 2.07. The van der Waals surface area contributed by atoms with Gasteiger partial charge in [0.15, 0.2) is 12.4 Å². The van der Waals surface area contributed by atoms with Gasteiger partial charge in [-0.3, -0.25) is 0 Å². The number of aryl methyl sites for hydroxylation is 1. The van der Waals surface area contributed by atoms with Gasteiger partial charge in [0.2, 0.25) is 0 Å². The second-order valence-corrected chi connectivity index (χ2v) is 4.56. The summed E-state index contributed by atoms with van der Waals surface area (Å²) in [6, 6.07) is 12.2. The Morgan fingerprint density at radius 2 is 1.94 bits per heavy atom. The smallest absolute Gasteiger partial charge is 0.252 e. The highest BCUT2D eigenvalue weighted by molar-refractivity contribution is 6.31. The number of ether oxygens (including phenoxy) is 1. The summed E-state index contributed by atoms with van der Waals surface area (Å²) in [4.78, 5) is 0. The van der Waals surface area contributed by atoms with Gasteiger partial charge in [-0.15, -0.1) is 0 Å². The lowest BCUT2D eigenvalue weighted by Gasteiger charge is -2.03. The van der Waals surface area contributed by atoms with Crippen LogP contribution in [0.25, 0.3) is 0 Å². The Bertz CT molecular complexity index is 499. The summed E-state index contributed by atoms with van der Waals surface area (Å²) in [5.41, 5.74) is 2.34. The molecule has 0 atom stereocenters. The average Bonchev–Trinajstić information content (AvgIpc) is 2.40. The normalized spacial score (nSPS) is 10.6. The Kier molecular flexibility index (Phi) is 4.73. The van der Waals surface area contributed by atoms with Crippen LogP contribution in [0.4, 0.5) is 0 Å². The van der Waals surface area contributed by atoms with E-state index in [4.69, 9.17) is 16.3 Å². The SMILES string of the molecule is CCc1cc[n+](COCc2ccccc2)cc1Cl. The maximum absolute atomic E-state index is 6.15. The molecule has 0 fully saturated rings. The highest BCUT2D eigenvalue weighted by Crippen LogP contribution is 2.12. The number of hydrogen-bond acceptors (Lipinski definition) is 1. The van der Waals surface area contributed by atoms with Crippen molar-refractivity contribution in [3.63, 3.8) is 0 Å². The maximum atomic E-state index is 6.15. The summed E-state index contributed by atoms with van der Waals surface area (Å²) in [5.74, 6) is 0. The van der Waals surface area contributed by atoms with Crippen LogP contribution in [0, 0.1) is 0 Å². The number of halogens is 1. The summed E-state index contributed by atoms with van der Waals surface area (Å²) >= 11 is 6.15. The lowest BCUT2D eigenvalue weighted by molar-refractivity contribution is -0.733. The van der Waals surface area contributed by atoms with Gasteiger partial charge in [-0.2, -0.15) is 4.57 Å². The molecule has 2 aromatic rings. The molecule has 2 rings (SSSR count). The first-order chi connectivity index (χ1) is 8.79. The third-order valence-electron chi connectivity index (χ3n) is 2.79. The summed E-state index contributed by atoms with van der Waals surface area (Å²) in [5, 5.41) is 0.795. The Morgan fingerprint density at radius 3 is 2.61 bits per heavy atom. The van der Waals surface area contributed by atoms with Gasteiger partial charge in [0.25, 0.3) is 6.73 Å². The lowest BCUT2D eigenvalue weighted by atomic mass is 10.2. The van der Waals surface area contributed by atoms with Crippen LogP contribution in [0.3, 0.4) is 0 Å². The molecule has 18 heavy (non-hydrogen) atoms. The first-order valence-corrected chi connectivity index (χ1v) is 6.46. The Balaban J connectivity index is 1.89. The van der Waals surface area contributed by atoms with Crippen molar-refractivity contribution in [2.45, 2.75) is 26.7 Å². The van der Waals surface area contributed by atoms with E-state index in [0.717, 1.165) is 17.0 Å². The predicted octanol–water partition coefficient (Wildman–Crippen LogP) is 3.36. The van der Waals surface area contributed by atoms with Crippen molar-refractivity contribution in [3.8, 4) is 0 Å². The quantitative estimate of drug-likeness (QED) is 0.753. The third kappa shape index (κ3) is 3.56. The van der Waals surface area contributed by atoms with E-state index < -0.39 is 0 Å². The molecule has 0 spiro atoms. The second-order valence-electron chi connectivity index (χ2n) is 4.15. The number of hydrogen-bond donors (Lipinski definition) is 0. The molecule has 0 bridgehead atoms. The molecule has 0 aliphatic rings. The van der Waals surface area contributed by atoms with E-state index in [9.17, 15) is 0 Å². The van der Waals surface area contributed by atoms with Crippen LogP contribution in [0.15, 0.2) is 48.8 Å². The molecule has 0 unspecified atom stereocenters.